The van der Waals surface area contributed by atoms with E-state index in [1.807, 2.05) is 18.2 Å². The highest BCUT2D eigenvalue weighted by molar-refractivity contribution is 7.90. The number of para-hydroxylation sites is 1. The lowest BCUT2D eigenvalue weighted by Crippen LogP contribution is -2.39. The van der Waals surface area contributed by atoms with Gasteiger partial charge in [-0.15, -0.1) is 11.3 Å². The Morgan fingerprint density at radius 3 is 2.58 bits per heavy atom. The number of nitrogens with one attached hydrogen (secondary N) is 1. The first-order valence-electron chi connectivity index (χ1n) is 10.7. The van der Waals surface area contributed by atoms with Gasteiger partial charge in [-0.25, -0.2) is 13.1 Å². The smallest absolute Gasteiger partial charge is 0.272 e. The summed E-state index contributed by atoms with van der Waals surface area (Å²) in [4.78, 5) is 25.2. The van der Waals surface area contributed by atoms with Gasteiger partial charge in [0.1, 0.15) is 6.54 Å². The second kappa shape index (κ2) is 10.7. The van der Waals surface area contributed by atoms with E-state index in [0.717, 1.165) is 21.6 Å². The zero-order chi connectivity index (χ0) is 25.9. The molecular weight excluding hydrogens is 524 g/mol. The largest absolute Gasteiger partial charge is 0.394 e. The highest BCUT2D eigenvalue weighted by atomic mass is 35.5. The minimum Gasteiger partial charge on any atom is -0.394 e. The Balaban J connectivity index is 1.77. The molecule has 2 aromatic carbocycles. The van der Waals surface area contributed by atoms with E-state index in [9.17, 15) is 23.2 Å². The van der Waals surface area contributed by atoms with Gasteiger partial charge in [-0.3, -0.25) is 4.79 Å². The van der Waals surface area contributed by atoms with Crippen molar-refractivity contribution in [3.05, 3.63) is 82.4 Å². The number of aliphatic hydroxyl groups excluding tert-OH is 1. The number of hydrogen-bond donors (Lipinski definition) is 2. The van der Waals surface area contributed by atoms with Crippen molar-refractivity contribution >= 4 is 38.7 Å². The number of nitrogens with zero attached hydrogens (tertiary/aromatic N) is 3. The summed E-state index contributed by atoms with van der Waals surface area (Å²) in [7, 11) is -3.36. The number of aliphatic hydroxyl groups is 1. The number of nitroso groups, excluding NO2 is 1. The number of benzene rings is 2. The Morgan fingerprint density at radius 2 is 1.89 bits per heavy atom. The average Bonchev–Trinajstić information content (AvgIpc) is 3.51. The standard InChI is InChI=1S/C24H21ClN4O5S2/c1-36(33,34)17-6-4-5-15(11-17)22-9-10-23(35-22)21-12-19(24(31)27-16(14-30)13-26-32)28-29(21)20-8-3-2-7-18(20)25/h2-12,16,30H,13-14H2,1H3,(H,27,31). The maximum absolute atomic E-state index is 12.8. The van der Waals surface area contributed by atoms with Crippen LogP contribution in [0.15, 0.2) is 76.8 Å². The molecule has 1 amide bonds. The summed E-state index contributed by atoms with van der Waals surface area (Å²) in [6.45, 7) is -0.725. The molecule has 2 heterocycles. The first-order valence-corrected chi connectivity index (χ1v) is 13.8. The van der Waals surface area contributed by atoms with Gasteiger partial charge in [0.25, 0.3) is 5.91 Å². The van der Waals surface area contributed by atoms with E-state index in [0.29, 0.717) is 16.4 Å². The van der Waals surface area contributed by atoms with Crippen LogP contribution in [-0.4, -0.2) is 54.7 Å². The molecule has 0 spiro atoms. The molecule has 1 atom stereocenters. The SMILES string of the molecule is CS(=O)(=O)c1cccc(-c2ccc(-c3cc(C(=O)NC(CO)CN=O)nn3-c3ccccc3Cl)s2)c1. The minimum atomic E-state index is -3.36. The van der Waals surface area contributed by atoms with Crippen molar-refractivity contribution in [3.8, 4) is 26.7 Å². The molecule has 12 heteroatoms. The van der Waals surface area contributed by atoms with Crippen molar-refractivity contribution in [1.29, 1.82) is 0 Å². The number of amides is 1. The Hall–Kier alpha value is -3.38. The van der Waals surface area contributed by atoms with Crippen molar-refractivity contribution in [2.45, 2.75) is 10.9 Å². The van der Waals surface area contributed by atoms with Crippen LogP contribution in [0.5, 0.6) is 0 Å². The molecule has 4 aromatic rings. The maximum Gasteiger partial charge on any atom is 0.272 e. The summed E-state index contributed by atoms with van der Waals surface area (Å²) in [5.74, 6) is -0.581. The van der Waals surface area contributed by atoms with Crippen LogP contribution >= 0.6 is 22.9 Å². The summed E-state index contributed by atoms with van der Waals surface area (Å²) in [5.41, 5.74) is 1.93. The number of carbonyl (C=O) groups excluding carboxylic acids is 1. The summed E-state index contributed by atoms with van der Waals surface area (Å²) < 4.78 is 25.5. The van der Waals surface area contributed by atoms with Crippen molar-refractivity contribution in [1.82, 2.24) is 15.1 Å². The quantitative estimate of drug-likeness (QED) is 0.304. The molecule has 2 aromatic heterocycles. The summed E-state index contributed by atoms with van der Waals surface area (Å²) in [5, 5.41) is 19.5. The molecule has 0 fully saturated rings. The van der Waals surface area contributed by atoms with E-state index in [-0.39, 0.29) is 17.1 Å². The third kappa shape index (κ3) is 5.54. The molecule has 4 rings (SSSR count). The minimum absolute atomic E-state index is 0.0586. The zero-order valence-corrected chi connectivity index (χ0v) is 21.3. The molecular formula is C24H21ClN4O5S2. The van der Waals surface area contributed by atoms with Gasteiger partial charge < -0.3 is 10.4 Å². The van der Waals surface area contributed by atoms with Crippen molar-refractivity contribution in [3.63, 3.8) is 0 Å². The fourth-order valence-corrected chi connectivity index (χ4v) is 5.37. The van der Waals surface area contributed by atoms with E-state index >= 15 is 0 Å². The van der Waals surface area contributed by atoms with Gasteiger partial charge in [0.2, 0.25) is 0 Å². The number of sulfone groups is 1. The molecule has 0 aliphatic rings. The third-order valence-corrected chi connectivity index (χ3v) is 7.87. The number of halogens is 1. The topological polar surface area (TPSA) is 131 Å². The normalized spacial score (nSPS) is 12.3. The average molecular weight is 545 g/mol. The lowest BCUT2D eigenvalue weighted by Gasteiger charge is -2.11. The monoisotopic (exact) mass is 544 g/mol. The van der Waals surface area contributed by atoms with Crippen molar-refractivity contribution in [2.24, 2.45) is 5.18 Å². The Labute approximate surface area is 216 Å². The highest BCUT2D eigenvalue weighted by Gasteiger charge is 2.21. The molecule has 0 aliphatic heterocycles. The Kier molecular flexibility index (Phi) is 7.65. The van der Waals surface area contributed by atoms with Crippen LogP contribution in [0.2, 0.25) is 5.02 Å². The second-order valence-corrected chi connectivity index (χ2v) is 11.4. The van der Waals surface area contributed by atoms with Crippen LogP contribution in [0.25, 0.3) is 26.7 Å². The Bertz CT molecular complexity index is 1530. The van der Waals surface area contributed by atoms with Gasteiger partial charge >= 0.3 is 0 Å². The van der Waals surface area contributed by atoms with Crippen molar-refractivity contribution < 1.29 is 18.3 Å². The van der Waals surface area contributed by atoms with E-state index < -0.39 is 28.4 Å². The zero-order valence-electron chi connectivity index (χ0n) is 19.0. The van der Waals surface area contributed by atoms with Crippen LogP contribution in [-0.2, 0) is 9.84 Å². The van der Waals surface area contributed by atoms with E-state index in [1.54, 1.807) is 53.2 Å². The molecule has 0 saturated carbocycles. The number of aromatic nitrogens is 2. The molecule has 36 heavy (non-hydrogen) atoms. The molecule has 0 aliphatic carbocycles. The van der Waals surface area contributed by atoms with Crippen LogP contribution in [0.1, 0.15) is 10.5 Å². The van der Waals surface area contributed by atoms with Gasteiger partial charge in [0.05, 0.1) is 38.8 Å². The molecule has 186 valence electrons. The first kappa shape index (κ1) is 25.7. The number of hydrogen-bond acceptors (Lipinski definition) is 8. The highest BCUT2D eigenvalue weighted by Crippen LogP contribution is 2.37. The maximum atomic E-state index is 12.8. The lowest BCUT2D eigenvalue weighted by molar-refractivity contribution is 0.0913. The van der Waals surface area contributed by atoms with Gasteiger partial charge in [0, 0.05) is 11.1 Å². The molecule has 9 nitrogen and oxygen atoms in total. The predicted octanol–water partition coefficient (Wildman–Crippen LogP) is 4.18. The van der Waals surface area contributed by atoms with Crippen LogP contribution in [0, 0.1) is 4.91 Å². The Morgan fingerprint density at radius 1 is 1.14 bits per heavy atom. The third-order valence-electron chi connectivity index (χ3n) is 5.28. The lowest BCUT2D eigenvalue weighted by atomic mass is 10.2. The fourth-order valence-electron chi connectivity index (χ4n) is 3.48. The number of rotatable bonds is 9. The predicted molar refractivity (Wildman–Crippen MR) is 139 cm³/mol. The molecule has 1 unspecified atom stereocenters. The molecule has 0 bridgehead atoms. The summed E-state index contributed by atoms with van der Waals surface area (Å²) in [6.07, 6.45) is 1.16. The van der Waals surface area contributed by atoms with E-state index in [4.69, 9.17) is 11.6 Å². The fraction of sp³-hybridized carbons (Fsp3) is 0.167. The number of thiophene rings is 1. The van der Waals surface area contributed by atoms with Gasteiger partial charge in [-0.05, 0) is 48.0 Å². The number of carbonyl (C=O) groups is 1. The van der Waals surface area contributed by atoms with Crippen LogP contribution < -0.4 is 5.32 Å². The van der Waals surface area contributed by atoms with E-state index in [2.05, 4.69) is 15.6 Å². The molecule has 0 radical (unpaired) electrons. The van der Waals surface area contributed by atoms with Crippen LogP contribution in [0.4, 0.5) is 0 Å². The molecule has 0 saturated heterocycles. The summed E-state index contributed by atoms with van der Waals surface area (Å²) in [6, 6.07) is 18.2. The van der Waals surface area contributed by atoms with Crippen molar-refractivity contribution in [2.75, 3.05) is 19.4 Å². The first-order chi connectivity index (χ1) is 17.2. The van der Waals surface area contributed by atoms with Crippen LogP contribution in [0.3, 0.4) is 0 Å². The summed E-state index contributed by atoms with van der Waals surface area (Å²) >= 11 is 7.82. The van der Waals surface area contributed by atoms with Gasteiger partial charge in [-0.1, -0.05) is 41.0 Å². The van der Waals surface area contributed by atoms with Gasteiger partial charge in [-0.2, -0.15) is 10.0 Å². The molecule has 2 N–H and O–H groups in total. The van der Waals surface area contributed by atoms with E-state index in [1.165, 1.54) is 11.3 Å². The van der Waals surface area contributed by atoms with Gasteiger partial charge in [0.15, 0.2) is 15.5 Å². The second-order valence-electron chi connectivity index (χ2n) is 7.91.